The number of nitro benzene ring substituents is 1. The second-order valence-corrected chi connectivity index (χ2v) is 4.86. The number of nitro groups is 1. The lowest BCUT2D eigenvalue weighted by Gasteiger charge is -2.12. The summed E-state index contributed by atoms with van der Waals surface area (Å²) in [4.78, 5) is 10.0. The standard InChI is InChI=1S/C12H9N2O5S/c15-13-7-1-2-10(12(13)20(18)19)8-9-3-5-11(6-4-9)14(16)17/h1-7H,8H2/q-1. The molecule has 0 N–H and O–H groups in total. The number of nitrogens with zero attached hydrogens (tertiary/aromatic N) is 2. The zero-order chi connectivity index (χ0) is 14.7. The van der Waals surface area contributed by atoms with E-state index < -0.39 is 15.2 Å². The van der Waals surface area contributed by atoms with Crippen LogP contribution in [0, 0.1) is 20.0 Å². The highest BCUT2D eigenvalue weighted by molar-refractivity contribution is 7.63. The minimum Gasteiger partial charge on any atom is -0.805 e. The molecule has 7 nitrogen and oxygen atoms in total. The van der Waals surface area contributed by atoms with E-state index in [1.54, 1.807) is 0 Å². The predicted octanol–water partition coefficient (Wildman–Crippen LogP) is 1.74. The van der Waals surface area contributed by atoms with E-state index in [0.717, 1.165) is 6.20 Å². The van der Waals surface area contributed by atoms with Gasteiger partial charge in [0.2, 0.25) is 10.3 Å². The second-order valence-electron chi connectivity index (χ2n) is 4.00. The van der Waals surface area contributed by atoms with E-state index in [1.165, 1.54) is 36.4 Å². The normalized spacial score (nSPS) is 10.2. The molecule has 8 heteroatoms. The lowest BCUT2D eigenvalue weighted by molar-refractivity contribution is -0.384. The number of hydrogen-bond acceptors (Lipinski definition) is 5. The monoisotopic (exact) mass is 293 g/mol. The summed E-state index contributed by atoms with van der Waals surface area (Å²) >= 11 is 0. The Bertz CT molecular complexity index is 814. The van der Waals surface area contributed by atoms with Gasteiger partial charge in [-0.25, -0.2) is 0 Å². The first-order valence-electron chi connectivity index (χ1n) is 5.52. The summed E-state index contributed by atoms with van der Waals surface area (Å²) in [5.74, 6) is 0. The van der Waals surface area contributed by atoms with Crippen LogP contribution in [0.4, 0.5) is 5.69 Å². The zero-order valence-corrected chi connectivity index (χ0v) is 10.9. The molecule has 0 saturated heterocycles. The quantitative estimate of drug-likeness (QED) is 0.487. The molecule has 0 bridgehead atoms. The average Bonchev–Trinajstić information content (AvgIpc) is 2.39. The first kappa shape index (κ1) is 13.8. The number of pyridine rings is 1. The van der Waals surface area contributed by atoms with Crippen LogP contribution < -0.4 is 0 Å². The van der Waals surface area contributed by atoms with Crippen molar-refractivity contribution in [2.45, 2.75) is 6.42 Å². The Balaban J connectivity index is 2.44. The molecule has 0 amide bonds. The first-order valence-corrected chi connectivity index (χ1v) is 6.60. The number of benzene rings is 1. The summed E-state index contributed by atoms with van der Waals surface area (Å²) < 4.78 is 22.1. The predicted molar refractivity (Wildman–Crippen MR) is 71.3 cm³/mol. The minimum absolute atomic E-state index is 0.0478. The van der Waals surface area contributed by atoms with Gasteiger partial charge in [0.05, 0.1) is 4.92 Å². The van der Waals surface area contributed by atoms with Crippen LogP contribution in [0.1, 0.15) is 11.1 Å². The van der Waals surface area contributed by atoms with E-state index >= 15 is 0 Å². The van der Waals surface area contributed by atoms with Crippen LogP contribution in [0.2, 0.25) is 0 Å². The van der Waals surface area contributed by atoms with Crippen LogP contribution in [-0.4, -0.2) is 18.1 Å². The van der Waals surface area contributed by atoms with Gasteiger partial charge in [-0.2, -0.15) is 8.42 Å². The SMILES string of the molecule is O=[N+]([O-])c1ccc(Cc2cccn([O-])c2=S(=O)=O)cc1. The van der Waals surface area contributed by atoms with Crippen LogP contribution in [0.25, 0.3) is 0 Å². The molecule has 0 aliphatic heterocycles. The fourth-order valence-corrected chi connectivity index (χ4v) is 2.35. The third-order valence-electron chi connectivity index (χ3n) is 2.69. The van der Waals surface area contributed by atoms with Gasteiger partial charge in [0.15, 0.2) is 4.64 Å². The molecule has 20 heavy (non-hydrogen) atoms. The van der Waals surface area contributed by atoms with Gasteiger partial charge in [-0.05, 0) is 23.4 Å². The van der Waals surface area contributed by atoms with Crippen LogP contribution in [0.3, 0.4) is 0 Å². The molecule has 0 aliphatic carbocycles. The van der Waals surface area contributed by atoms with Gasteiger partial charge >= 0.3 is 0 Å². The van der Waals surface area contributed by atoms with E-state index in [2.05, 4.69) is 0 Å². The highest BCUT2D eigenvalue weighted by Crippen LogP contribution is 2.15. The molecular weight excluding hydrogens is 284 g/mol. The number of rotatable bonds is 3. The van der Waals surface area contributed by atoms with E-state index in [4.69, 9.17) is 0 Å². The molecule has 1 aromatic heterocycles. The summed E-state index contributed by atoms with van der Waals surface area (Å²) in [6, 6.07) is 8.69. The van der Waals surface area contributed by atoms with Gasteiger partial charge in [0.25, 0.3) is 5.69 Å². The van der Waals surface area contributed by atoms with Crippen molar-refractivity contribution in [3.8, 4) is 0 Å². The van der Waals surface area contributed by atoms with Crippen LogP contribution in [0.5, 0.6) is 0 Å². The molecule has 0 fully saturated rings. The molecule has 2 rings (SSSR count). The Morgan fingerprint density at radius 1 is 1.15 bits per heavy atom. The summed E-state index contributed by atoms with van der Waals surface area (Å²) in [7, 11) is -2.65. The molecule has 1 heterocycles. The molecule has 104 valence electrons. The number of non-ortho nitro benzene ring substituents is 1. The van der Waals surface area contributed by atoms with Crippen LogP contribution in [-0.2, 0) is 16.7 Å². The van der Waals surface area contributed by atoms with Crippen LogP contribution >= 0.6 is 0 Å². The van der Waals surface area contributed by atoms with Crippen molar-refractivity contribution in [3.63, 3.8) is 0 Å². The Morgan fingerprint density at radius 3 is 2.35 bits per heavy atom. The van der Waals surface area contributed by atoms with Crippen molar-refractivity contribution in [2.24, 2.45) is 0 Å². The lowest BCUT2D eigenvalue weighted by atomic mass is 10.1. The van der Waals surface area contributed by atoms with Crippen molar-refractivity contribution in [2.75, 3.05) is 0 Å². The van der Waals surface area contributed by atoms with Gasteiger partial charge in [0, 0.05) is 18.6 Å². The lowest BCUT2D eigenvalue weighted by Crippen LogP contribution is -1.99. The first-order chi connectivity index (χ1) is 9.49. The zero-order valence-electron chi connectivity index (χ0n) is 10.1. The number of aromatic nitrogens is 1. The summed E-state index contributed by atoms with van der Waals surface area (Å²) in [5.41, 5.74) is 0.964. The highest BCUT2D eigenvalue weighted by atomic mass is 32.2. The van der Waals surface area contributed by atoms with Gasteiger partial charge in [-0.1, -0.05) is 18.2 Å². The van der Waals surface area contributed by atoms with Gasteiger partial charge in [0.1, 0.15) is 0 Å². The fraction of sp³-hybridized carbons (Fsp3) is 0.0833. The summed E-state index contributed by atoms with van der Waals surface area (Å²) in [6.45, 7) is 0. The van der Waals surface area contributed by atoms with E-state index in [1.807, 2.05) is 0 Å². The molecular formula is C12H9N2O5S-. The maximum Gasteiger partial charge on any atom is 0.269 e. The number of hydrogen-bond donors (Lipinski definition) is 0. The molecule has 1 aromatic carbocycles. The third-order valence-corrected chi connectivity index (χ3v) is 3.45. The molecule has 0 radical (unpaired) electrons. The van der Waals surface area contributed by atoms with E-state index in [-0.39, 0.29) is 21.5 Å². The Kier molecular flexibility index (Phi) is 3.85. The van der Waals surface area contributed by atoms with Crippen molar-refractivity contribution in [1.82, 2.24) is 4.73 Å². The molecule has 0 aliphatic rings. The van der Waals surface area contributed by atoms with Crippen molar-refractivity contribution in [1.29, 1.82) is 0 Å². The fourth-order valence-electron chi connectivity index (χ4n) is 1.79. The molecule has 0 spiro atoms. The average molecular weight is 293 g/mol. The molecule has 0 saturated carbocycles. The molecule has 0 atom stereocenters. The highest BCUT2D eigenvalue weighted by Gasteiger charge is 2.06. The Labute approximate surface area is 115 Å². The summed E-state index contributed by atoms with van der Waals surface area (Å²) in [5, 5.41) is 22.0. The van der Waals surface area contributed by atoms with Gasteiger partial charge in [-0.3, -0.25) is 10.1 Å². The maximum atomic E-state index is 11.4. The van der Waals surface area contributed by atoms with Crippen molar-refractivity contribution in [3.05, 3.63) is 73.7 Å². The van der Waals surface area contributed by atoms with Gasteiger partial charge in [-0.15, -0.1) is 0 Å². The van der Waals surface area contributed by atoms with E-state index in [9.17, 15) is 23.7 Å². The molecule has 2 aromatic rings. The van der Waals surface area contributed by atoms with E-state index in [0.29, 0.717) is 11.1 Å². The van der Waals surface area contributed by atoms with Crippen molar-refractivity contribution < 1.29 is 13.3 Å². The van der Waals surface area contributed by atoms with Crippen LogP contribution in [0.15, 0.2) is 42.6 Å². The maximum absolute atomic E-state index is 11.4. The summed E-state index contributed by atoms with van der Waals surface area (Å²) in [6.07, 6.45) is 1.30. The topological polar surface area (TPSA) is 105 Å². The Hall–Kier alpha value is -2.61. The van der Waals surface area contributed by atoms with Crippen molar-refractivity contribution >= 4 is 16.0 Å². The minimum atomic E-state index is -2.65. The Morgan fingerprint density at radius 2 is 1.80 bits per heavy atom. The molecule has 0 unspecified atom stereocenters. The smallest absolute Gasteiger partial charge is 0.269 e. The third kappa shape index (κ3) is 2.86. The largest absolute Gasteiger partial charge is 0.805 e. The van der Waals surface area contributed by atoms with Gasteiger partial charge < -0.3 is 9.94 Å². The second kappa shape index (κ2) is 5.57.